The minimum Gasteiger partial charge on any atom is -0.444 e. The van der Waals surface area contributed by atoms with E-state index in [1.165, 1.54) is 16.8 Å². The molecule has 0 spiro atoms. The van der Waals surface area contributed by atoms with E-state index in [1.54, 1.807) is 40.3 Å². The van der Waals surface area contributed by atoms with E-state index in [-0.39, 0.29) is 49.2 Å². The maximum Gasteiger partial charge on any atom is 0.414 e. The number of nitrogens with zero attached hydrogens (tertiary/aromatic N) is 4. The highest BCUT2D eigenvalue weighted by Crippen LogP contribution is 2.32. The lowest BCUT2D eigenvalue weighted by Crippen LogP contribution is -2.50. The Bertz CT molecular complexity index is 1650. The van der Waals surface area contributed by atoms with Crippen LogP contribution in [0.1, 0.15) is 34.5 Å². The molecule has 0 unspecified atom stereocenters. The second kappa shape index (κ2) is 10.7. The number of cyclic esters (lactones) is 1. The van der Waals surface area contributed by atoms with E-state index in [9.17, 15) is 19.2 Å². The van der Waals surface area contributed by atoms with Crippen molar-refractivity contribution in [3.63, 3.8) is 0 Å². The molecule has 6 rings (SSSR count). The molecule has 2 aliphatic rings. The van der Waals surface area contributed by atoms with Crippen molar-refractivity contribution in [2.45, 2.75) is 38.6 Å². The summed E-state index contributed by atoms with van der Waals surface area (Å²) < 4.78 is 12.4. The van der Waals surface area contributed by atoms with Crippen molar-refractivity contribution in [1.82, 2.24) is 19.8 Å². The van der Waals surface area contributed by atoms with Crippen LogP contribution in [0, 0.1) is 0 Å². The number of hydrogen-bond donors (Lipinski definition) is 1. The molecule has 204 valence electrons. The first-order valence-corrected chi connectivity index (χ1v) is 13.1. The van der Waals surface area contributed by atoms with Gasteiger partial charge in [0.2, 0.25) is 11.6 Å². The summed E-state index contributed by atoms with van der Waals surface area (Å²) in [4.78, 5) is 57.7. The van der Waals surface area contributed by atoms with E-state index >= 15 is 0 Å². The highest BCUT2D eigenvalue weighted by Gasteiger charge is 2.35. The van der Waals surface area contributed by atoms with Crippen molar-refractivity contribution < 1.29 is 23.5 Å². The molecule has 0 bridgehead atoms. The van der Waals surface area contributed by atoms with E-state index in [0.29, 0.717) is 48.4 Å². The average molecular weight is 542 g/mol. The number of amides is 3. The summed E-state index contributed by atoms with van der Waals surface area (Å²) in [6.07, 6.45) is 3.96. The lowest BCUT2D eigenvalue weighted by atomic mass is 10.00. The molecule has 11 nitrogen and oxygen atoms in total. The number of para-hydroxylation sites is 1. The Balaban J connectivity index is 1.07. The zero-order valence-electron chi connectivity index (χ0n) is 21.6. The van der Waals surface area contributed by atoms with Gasteiger partial charge in [-0.1, -0.05) is 24.3 Å². The lowest BCUT2D eigenvalue weighted by Gasteiger charge is -2.40. The van der Waals surface area contributed by atoms with Crippen molar-refractivity contribution >= 4 is 34.7 Å². The van der Waals surface area contributed by atoms with Crippen molar-refractivity contribution in [2.75, 3.05) is 18.0 Å². The first-order chi connectivity index (χ1) is 19.5. The summed E-state index contributed by atoms with van der Waals surface area (Å²) in [7, 11) is 0. The number of furan rings is 1. The molecule has 3 amide bonds. The minimum atomic E-state index is -0.348. The molecule has 5 heterocycles. The highest BCUT2D eigenvalue weighted by atomic mass is 16.6. The van der Waals surface area contributed by atoms with Gasteiger partial charge >= 0.3 is 6.09 Å². The maximum absolute atomic E-state index is 13.3. The third-order valence-electron chi connectivity index (χ3n) is 7.26. The van der Waals surface area contributed by atoms with E-state index in [4.69, 9.17) is 9.15 Å². The van der Waals surface area contributed by atoms with Crippen LogP contribution in [0.4, 0.5) is 10.5 Å². The van der Waals surface area contributed by atoms with Crippen molar-refractivity contribution in [3.8, 4) is 0 Å². The molecule has 40 heavy (non-hydrogen) atoms. The van der Waals surface area contributed by atoms with Crippen molar-refractivity contribution in [3.05, 3.63) is 94.2 Å². The number of rotatable bonds is 6. The standard InChI is InChI=1S/C29H27N5O6/c35-25(17-33-10-4-3-7-26(33)36)30-16-23-14-20-13-21(15-31-27(20)40-23)28(37)32-11-8-22(9-12-32)34-24-6-2-1-5-19(24)18-39-29(34)38/h1-7,10,13-15,22H,8-9,11-12,16-18H2,(H,30,35). The van der Waals surface area contributed by atoms with E-state index in [1.807, 2.05) is 24.3 Å². The van der Waals surface area contributed by atoms with Gasteiger partial charge in [-0.15, -0.1) is 0 Å². The van der Waals surface area contributed by atoms with Gasteiger partial charge in [-0.3, -0.25) is 19.3 Å². The number of carbonyl (C=O) groups excluding carboxylic acids is 3. The van der Waals surface area contributed by atoms with Crippen LogP contribution in [0.3, 0.4) is 0 Å². The second-order valence-electron chi connectivity index (χ2n) is 9.85. The maximum atomic E-state index is 13.3. The Labute approximate surface area is 229 Å². The number of benzene rings is 1. The molecular formula is C29H27N5O6. The van der Waals surface area contributed by atoms with Crippen molar-refractivity contribution in [1.29, 1.82) is 0 Å². The summed E-state index contributed by atoms with van der Waals surface area (Å²) in [6.45, 7) is 1.30. The van der Waals surface area contributed by atoms with Crippen LogP contribution in [-0.4, -0.2) is 51.5 Å². The molecule has 0 atom stereocenters. The van der Waals surface area contributed by atoms with Gasteiger partial charge in [-0.05, 0) is 37.1 Å². The first-order valence-electron chi connectivity index (χ1n) is 13.1. The zero-order valence-corrected chi connectivity index (χ0v) is 21.6. The Hall–Kier alpha value is -4.93. The van der Waals surface area contributed by atoms with Gasteiger partial charge in [-0.2, -0.15) is 0 Å². The first kappa shape index (κ1) is 25.4. The molecule has 11 heteroatoms. The van der Waals surface area contributed by atoms with E-state index in [2.05, 4.69) is 10.3 Å². The summed E-state index contributed by atoms with van der Waals surface area (Å²) in [5.41, 5.74) is 2.39. The molecule has 4 aromatic rings. The highest BCUT2D eigenvalue weighted by molar-refractivity contribution is 5.97. The van der Waals surface area contributed by atoms with Crippen LogP contribution >= 0.6 is 0 Å². The quantitative estimate of drug-likeness (QED) is 0.398. The number of carbonyl (C=O) groups is 3. The second-order valence-corrected chi connectivity index (χ2v) is 9.85. The topological polar surface area (TPSA) is 127 Å². The van der Waals surface area contributed by atoms with Crippen LogP contribution in [0.25, 0.3) is 11.1 Å². The average Bonchev–Trinajstić information content (AvgIpc) is 3.39. The number of piperidine rings is 1. The number of likely N-dealkylation sites (tertiary alicyclic amines) is 1. The van der Waals surface area contributed by atoms with Gasteiger partial charge in [0.1, 0.15) is 18.9 Å². The Morgan fingerprint density at radius 3 is 2.65 bits per heavy atom. The van der Waals surface area contributed by atoms with Gasteiger partial charge in [-0.25, -0.2) is 9.78 Å². The SMILES string of the molecule is O=C(Cn1ccccc1=O)NCc1cc2cc(C(=O)N3CCC(N4C(=O)OCc5ccccc54)CC3)cnc2o1. The Morgan fingerprint density at radius 2 is 1.82 bits per heavy atom. The van der Waals surface area contributed by atoms with Crippen LogP contribution in [0.2, 0.25) is 0 Å². The number of nitrogens with one attached hydrogen (secondary N) is 1. The molecule has 0 aliphatic carbocycles. The number of ether oxygens (including phenoxy) is 1. The molecule has 0 radical (unpaired) electrons. The Morgan fingerprint density at radius 1 is 1.02 bits per heavy atom. The van der Waals surface area contributed by atoms with Crippen LogP contribution in [-0.2, 0) is 29.2 Å². The number of aromatic nitrogens is 2. The predicted molar refractivity (Wildman–Crippen MR) is 145 cm³/mol. The lowest BCUT2D eigenvalue weighted by molar-refractivity contribution is -0.121. The van der Waals surface area contributed by atoms with Gasteiger partial charge in [0.05, 0.1) is 17.8 Å². The molecule has 0 saturated carbocycles. The number of anilines is 1. The molecule has 3 aromatic heterocycles. The van der Waals surface area contributed by atoms with Gasteiger partial charge in [0.25, 0.3) is 11.5 Å². The van der Waals surface area contributed by atoms with Crippen molar-refractivity contribution in [2.24, 2.45) is 0 Å². The molecule has 1 saturated heterocycles. The van der Waals surface area contributed by atoms with Gasteiger partial charge in [0, 0.05) is 48.5 Å². The summed E-state index contributed by atoms with van der Waals surface area (Å²) >= 11 is 0. The normalized spacial score (nSPS) is 15.6. The fourth-order valence-electron chi connectivity index (χ4n) is 5.21. The predicted octanol–water partition coefficient (Wildman–Crippen LogP) is 3.07. The monoisotopic (exact) mass is 541 g/mol. The molecule has 2 aliphatic heterocycles. The molecule has 1 fully saturated rings. The zero-order chi connectivity index (χ0) is 27.6. The van der Waals surface area contributed by atoms with Gasteiger partial charge in [0.15, 0.2) is 0 Å². The fraction of sp³-hybridized carbons (Fsp3) is 0.276. The van der Waals surface area contributed by atoms with Crippen LogP contribution < -0.4 is 15.8 Å². The summed E-state index contributed by atoms with van der Waals surface area (Å²) in [5, 5.41) is 3.38. The Kier molecular flexibility index (Phi) is 6.77. The summed E-state index contributed by atoms with van der Waals surface area (Å²) in [5.74, 6) is 0.0106. The largest absolute Gasteiger partial charge is 0.444 e. The fourth-order valence-corrected chi connectivity index (χ4v) is 5.21. The van der Waals surface area contributed by atoms with E-state index in [0.717, 1.165) is 11.3 Å². The molecular weight excluding hydrogens is 514 g/mol. The van der Waals surface area contributed by atoms with E-state index < -0.39 is 0 Å². The third kappa shape index (κ3) is 5.05. The smallest absolute Gasteiger partial charge is 0.414 e. The number of hydrogen-bond acceptors (Lipinski definition) is 7. The number of pyridine rings is 2. The minimum absolute atomic E-state index is 0.0502. The van der Waals surface area contributed by atoms with Gasteiger partial charge < -0.3 is 23.9 Å². The molecule has 1 N–H and O–H groups in total. The summed E-state index contributed by atoms with van der Waals surface area (Å²) in [6, 6.07) is 15.8. The third-order valence-corrected chi connectivity index (χ3v) is 7.26. The van der Waals surface area contributed by atoms with Crippen LogP contribution in [0.5, 0.6) is 0 Å². The molecule has 1 aromatic carbocycles. The number of fused-ring (bicyclic) bond motifs is 2. The van der Waals surface area contributed by atoms with Crippen LogP contribution in [0.15, 0.2) is 76.2 Å².